The zero-order chi connectivity index (χ0) is 24.7. The summed E-state index contributed by atoms with van der Waals surface area (Å²) in [7, 11) is -0.226. The molecule has 34 heavy (non-hydrogen) atoms. The first-order chi connectivity index (χ1) is 16.2. The van der Waals surface area contributed by atoms with Gasteiger partial charge in [-0.3, -0.25) is 14.5 Å². The van der Waals surface area contributed by atoms with E-state index in [4.69, 9.17) is 9.47 Å². The lowest BCUT2D eigenvalue weighted by Crippen LogP contribution is -2.46. The maximum atomic E-state index is 14.7. The van der Waals surface area contributed by atoms with Gasteiger partial charge in [0, 0.05) is 25.9 Å². The fraction of sp³-hybridized carbons (Fsp3) is 0.440. The first kappa shape index (κ1) is 26.0. The summed E-state index contributed by atoms with van der Waals surface area (Å²) in [4.78, 5) is 28.0. The first-order valence-electron chi connectivity index (χ1n) is 11.5. The molecule has 0 radical (unpaired) electrons. The number of hydrogen-bond acceptors (Lipinski definition) is 5. The minimum Gasteiger partial charge on any atom is -0.380 e. The number of morpholine rings is 1. The van der Waals surface area contributed by atoms with Gasteiger partial charge in [-0.1, -0.05) is 50.0 Å². The molecular formula is C25H34FN3O4Si. The molecule has 0 aliphatic carbocycles. The molecule has 2 N–H and O–H groups in total. The molecule has 0 aromatic heterocycles. The number of nitrogens with one attached hydrogen (secondary N) is 2. The van der Waals surface area contributed by atoms with Crippen LogP contribution in [0.2, 0.25) is 19.6 Å². The van der Waals surface area contributed by atoms with Crippen LogP contribution >= 0.6 is 0 Å². The van der Waals surface area contributed by atoms with E-state index >= 15 is 0 Å². The van der Waals surface area contributed by atoms with Crippen molar-refractivity contribution in [3.05, 3.63) is 59.4 Å². The van der Waals surface area contributed by atoms with E-state index in [0.717, 1.165) is 5.56 Å². The van der Waals surface area contributed by atoms with Gasteiger partial charge < -0.3 is 20.1 Å². The Balaban J connectivity index is 1.78. The number of methoxy groups -OCH3 is 1. The molecular weight excluding hydrogens is 453 g/mol. The van der Waals surface area contributed by atoms with Crippen LogP contribution in [0, 0.1) is 5.82 Å². The third-order valence-corrected chi connectivity index (χ3v) is 7.73. The van der Waals surface area contributed by atoms with E-state index in [2.05, 4.69) is 30.3 Å². The van der Waals surface area contributed by atoms with Crippen molar-refractivity contribution in [1.29, 1.82) is 0 Å². The standard InChI is InChI=1S/C25H34FN3O4Si/c1-32-17-18-5-7-19(8-6-18)24(28-23(30)16-29-11-13-33-14-12-29)25(31)27-20-9-10-22(21(26)15-20)34(2,3)4/h5-10,15,24H,11-14,16-17H2,1-4H3,(H,27,31)(H,28,30). The van der Waals surface area contributed by atoms with Crippen LogP contribution in [0.15, 0.2) is 42.5 Å². The third-order valence-electron chi connectivity index (χ3n) is 5.71. The largest absolute Gasteiger partial charge is 0.380 e. The number of amides is 2. The molecule has 1 heterocycles. The van der Waals surface area contributed by atoms with Crippen LogP contribution in [0.25, 0.3) is 0 Å². The Hall–Kier alpha value is -2.59. The summed E-state index contributed by atoms with van der Waals surface area (Å²) >= 11 is 0. The molecule has 184 valence electrons. The van der Waals surface area contributed by atoms with Crippen LogP contribution in [0.4, 0.5) is 10.1 Å². The van der Waals surface area contributed by atoms with Crippen molar-refractivity contribution in [3.8, 4) is 0 Å². The van der Waals surface area contributed by atoms with Gasteiger partial charge in [-0.2, -0.15) is 0 Å². The lowest BCUT2D eigenvalue weighted by molar-refractivity contribution is -0.128. The van der Waals surface area contributed by atoms with E-state index in [1.807, 2.05) is 17.0 Å². The summed E-state index contributed by atoms with van der Waals surface area (Å²) < 4.78 is 25.2. The normalized spacial score (nSPS) is 15.6. The molecule has 1 unspecified atom stereocenters. The highest BCUT2D eigenvalue weighted by atomic mass is 28.3. The zero-order valence-electron chi connectivity index (χ0n) is 20.3. The minimum absolute atomic E-state index is 0.175. The predicted octanol–water partition coefficient (Wildman–Crippen LogP) is 2.65. The summed E-state index contributed by atoms with van der Waals surface area (Å²) in [5.41, 5.74) is 1.94. The quantitative estimate of drug-likeness (QED) is 0.532. The smallest absolute Gasteiger partial charge is 0.251 e. The van der Waals surface area contributed by atoms with Crippen molar-refractivity contribution in [3.63, 3.8) is 0 Å². The summed E-state index contributed by atoms with van der Waals surface area (Å²) in [6, 6.07) is 11.2. The van der Waals surface area contributed by atoms with Crippen molar-refractivity contribution in [2.75, 3.05) is 45.3 Å². The van der Waals surface area contributed by atoms with Crippen LogP contribution < -0.4 is 15.8 Å². The first-order valence-corrected chi connectivity index (χ1v) is 15.0. The molecule has 0 saturated carbocycles. The summed E-state index contributed by atoms with van der Waals surface area (Å²) in [5.74, 6) is -1.02. The van der Waals surface area contributed by atoms with Crippen molar-refractivity contribution < 1.29 is 23.5 Å². The second-order valence-corrected chi connectivity index (χ2v) is 14.5. The monoisotopic (exact) mass is 487 g/mol. The molecule has 9 heteroatoms. The van der Waals surface area contributed by atoms with Gasteiger partial charge in [0.15, 0.2) is 0 Å². The van der Waals surface area contributed by atoms with E-state index in [1.54, 1.807) is 31.4 Å². The van der Waals surface area contributed by atoms with Crippen molar-refractivity contribution in [1.82, 2.24) is 10.2 Å². The number of ether oxygens (including phenoxy) is 2. The fourth-order valence-corrected chi connectivity index (χ4v) is 5.23. The van der Waals surface area contributed by atoms with Crippen LogP contribution in [0.1, 0.15) is 17.2 Å². The van der Waals surface area contributed by atoms with Crippen LogP contribution in [-0.2, 0) is 25.7 Å². The Morgan fingerprint density at radius 1 is 1.12 bits per heavy atom. The Kier molecular flexibility index (Phi) is 8.95. The van der Waals surface area contributed by atoms with E-state index in [0.29, 0.717) is 49.3 Å². The maximum absolute atomic E-state index is 14.7. The number of nitrogens with zero attached hydrogens (tertiary/aromatic N) is 1. The molecule has 2 aromatic carbocycles. The Bertz CT molecular complexity index is 989. The highest BCUT2D eigenvalue weighted by Gasteiger charge is 2.26. The molecule has 7 nitrogen and oxygen atoms in total. The Labute approximate surface area is 201 Å². The predicted molar refractivity (Wildman–Crippen MR) is 133 cm³/mol. The van der Waals surface area contributed by atoms with Gasteiger partial charge in [0.2, 0.25) is 5.91 Å². The minimum atomic E-state index is -1.84. The van der Waals surface area contributed by atoms with Crippen LogP contribution in [0.3, 0.4) is 0 Å². The zero-order valence-corrected chi connectivity index (χ0v) is 21.3. The Morgan fingerprint density at radius 2 is 1.79 bits per heavy atom. The average molecular weight is 488 g/mol. The molecule has 0 bridgehead atoms. The highest BCUT2D eigenvalue weighted by Crippen LogP contribution is 2.19. The SMILES string of the molecule is COCc1ccc(C(NC(=O)CN2CCOCC2)C(=O)Nc2ccc([Si](C)(C)C)c(F)c2)cc1. The van der Waals surface area contributed by atoms with E-state index < -0.39 is 20.0 Å². The second kappa shape index (κ2) is 11.7. The molecule has 1 saturated heterocycles. The lowest BCUT2D eigenvalue weighted by atomic mass is 10.0. The second-order valence-electron chi connectivity index (χ2n) is 9.50. The number of carbonyl (C=O) groups excluding carboxylic acids is 2. The molecule has 3 rings (SSSR count). The number of rotatable bonds is 9. The molecule has 1 aliphatic rings. The lowest BCUT2D eigenvalue weighted by Gasteiger charge is -2.27. The topological polar surface area (TPSA) is 79.9 Å². The van der Waals surface area contributed by atoms with Gasteiger partial charge in [0.1, 0.15) is 11.9 Å². The van der Waals surface area contributed by atoms with Gasteiger partial charge in [-0.05, 0) is 28.4 Å². The fourth-order valence-electron chi connectivity index (χ4n) is 3.86. The summed E-state index contributed by atoms with van der Waals surface area (Å²) in [5, 5.41) is 6.33. The Morgan fingerprint density at radius 3 is 2.38 bits per heavy atom. The van der Waals surface area contributed by atoms with E-state index in [9.17, 15) is 14.0 Å². The average Bonchev–Trinajstić information content (AvgIpc) is 2.78. The van der Waals surface area contributed by atoms with Crippen molar-refractivity contribution in [2.24, 2.45) is 0 Å². The molecule has 1 aliphatic heterocycles. The van der Waals surface area contributed by atoms with Gasteiger partial charge in [0.05, 0.1) is 34.4 Å². The van der Waals surface area contributed by atoms with Gasteiger partial charge >= 0.3 is 0 Å². The highest BCUT2D eigenvalue weighted by molar-refractivity contribution is 6.88. The molecule has 0 spiro atoms. The number of benzene rings is 2. The maximum Gasteiger partial charge on any atom is 0.251 e. The summed E-state index contributed by atoms with van der Waals surface area (Å²) in [6.45, 7) is 9.31. The number of hydrogen-bond donors (Lipinski definition) is 2. The molecule has 2 aromatic rings. The molecule has 2 amide bonds. The van der Waals surface area contributed by atoms with E-state index in [1.165, 1.54) is 6.07 Å². The van der Waals surface area contributed by atoms with Gasteiger partial charge in [-0.15, -0.1) is 0 Å². The number of halogens is 1. The van der Waals surface area contributed by atoms with Crippen molar-refractivity contribution >= 4 is 30.8 Å². The van der Waals surface area contributed by atoms with Crippen molar-refractivity contribution in [2.45, 2.75) is 32.3 Å². The van der Waals surface area contributed by atoms with Gasteiger partial charge in [0.25, 0.3) is 5.91 Å². The number of carbonyl (C=O) groups is 2. The van der Waals surface area contributed by atoms with Crippen LogP contribution in [0.5, 0.6) is 0 Å². The van der Waals surface area contributed by atoms with Gasteiger partial charge in [-0.25, -0.2) is 4.39 Å². The summed E-state index contributed by atoms with van der Waals surface area (Å²) in [6.07, 6.45) is 0. The van der Waals surface area contributed by atoms with Crippen LogP contribution in [-0.4, -0.2) is 64.7 Å². The molecule has 1 fully saturated rings. The van der Waals surface area contributed by atoms with E-state index in [-0.39, 0.29) is 18.3 Å². The third kappa shape index (κ3) is 7.20. The number of anilines is 1. The molecule has 1 atom stereocenters.